The van der Waals surface area contributed by atoms with Crippen molar-refractivity contribution in [2.75, 3.05) is 0 Å². The minimum atomic E-state index is 0.245. The van der Waals surface area contributed by atoms with E-state index >= 15 is 0 Å². The lowest BCUT2D eigenvalue weighted by Gasteiger charge is -2.25. The Balaban J connectivity index is 2.68. The zero-order chi connectivity index (χ0) is 15.1. The first-order chi connectivity index (χ1) is 9.49. The maximum atomic E-state index is 4.32. The zero-order valence-corrected chi connectivity index (χ0v) is 13.6. The average molecular weight is 275 g/mol. The molecule has 20 heavy (non-hydrogen) atoms. The predicted octanol–water partition coefficient (Wildman–Crippen LogP) is 5.29. The van der Waals surface area contributed by atoms with Crippen LogP contribution in [0.1, 0.15) is 53.9 Å². The molecule has 0 N–H and O–H groups in total. The molecule has 0 saturated heterocycles. The number of allylic oxidation sites excluding steroid dienone is 4. The highest BCUT2D eigenvalue weighted by atomic mass is 15.6. The van der Waals surface area contributed by atoms with Crippen molar-refractivity contribution in [3.05, 3.63) is 36.1 Å². The van der Waals surface area contributed by atoms with Crippen molar-refractivity contribution in [1.82, 2.24) is 5.01 Å². The Morgan fingerprint density at radius 3 is 2.70 bits per heavy atom. The summed E-state index contributed by atoms with van der Waals surface area (Å²) in [5, 5.41) is 10.6. The van der Waals surface area contributed by atoms with Gasteiger partial charge in [-0.1, -0.05) is 49.8 Å². The second kappa shape index (κ2) is 8.03. The summed E-state index contributed by atoms with van der Waals surface area (Å²) in [6.45, 7) is 14.7. The van der Waals surface area contributed by atoms with Gasteiger partial charge in [-0.05, 0) is 45.6 Å². The highest BCUT2D eigenvalue weighted by Crippen LogP contribution is 2.27. The fourth-order valence-corrected chi connectivity index (χ4v) is 2.30. The molecule has 3 atom stereocenters. The lowest BCUT2D eigenvalue weighted by atomic mass is 9.98. The van der Waals surface area contributed by atoms with Crippen molar-refractivity contribution >= 4 is 0 Å². The van der Waals surface area contributed by atoms with Gasteiger partial charge in [0, 0.05) is 5.70 Å². The SMILES string of the molecule is C=C/C=C(\C)N1N=N[C@@H](C)[C@H]1C/C(C)=C/C[C@@H](C)CC. The van der Waals surface area contributed by atoms with Crippen molar-refractivity contribution < 1.29 is 0 Å². The van der Waals surface area contributed by atoms with Crippen LogP contribution in [0, 0.1) is 5.92 Å². The maximum Gasteiger partial charge on any atom is 0.0929 e. The van der Waals surface area contributed by atoms with Gasteiger partial charge in [-0.25, -0.2) is 5.01 Å². The first kappa shape index (κ1) is 16.7. The largest absolute Gasteiger partial charge is 0.246 e. The topological polar surface area (TPSA) is 28.0 Å². The molecule has 0 bridgehead atoms. The van der Waals surface area contributed by atoms with Gasteiger partial charge >= 0.3 is 0 Å². The van der Waals surface area contributed by atoms with Gasteiger partial charge in [-0.3, -0.25) is 0 Å². The number of rotatable bonds is 7. The van der Waals surface area contributed by atoms with Gasteiger partial charge in [0.2, 0.25) is 0 Å². The summed E-state index contributed by atoms with van der Waals surface area (Å²) in [5.41, 5.74) is 2.54. The van der Waals surface area contributed by atoms with Gasteiger partial charge in [0.15, 0.2) is 0 Å². The van der Waals surface area contributed by atoms with E-state index in [0.717, 1.165) is 18.0 Å². The van der Waals surface area contributed by atoms with Crippen LogP contribution in [0.25, 0.3) is 0 Å². The highest BCUT2D eigenvalue weighted by molar-refractivity contribution is 5.12. The van der Waals surface area contributed by atoms with E-state index in [1.54, 1.807) is 6.08 Å². The van der Waals surface area contributed by atoms with Crippen LogP contribution in [-0.2, 0) is 0 Å². The molecular formula is C17H29N3. The van der Waals surface area contributed by atoms with Crippen molar-refractivity contribution in [3.63, 3.8) is 0 Å². The molecule has 0 spiro atoms. The Bertz CT molecular complexity index is 406. The maximum absolute atomic E-state index is 4.32. The molecular weight excluding hydrogens is 246 g/mol. The highest BCUT2D eigenvalue weighted by Gasteiger charge is 2.30. The smallest absolute Gasteiger partial charge is 0.0929 e. The molecule has 1 rings (SSSR count). The first-order valence-corrected chi connectivity index (χ1v) is 7.64. The molecule has 1 aliphatic heterocycles. The third kappa shape index (κ3) is 4.62. The van der Waals surface area contributed by atoms with Crippen LogP contribution in [0.4, 0.5) is 0 Å². The molecule has 0 aromatic carbocycles. The minimum absolute atomic E-state index is 0.245. The van der Waals surface area contributed by atoms with Gasteiger partial charge in [0.1, 0.15) is 0 Å². The van der Waals surface area contributed by atoms with E-state index in [1.807, 2.05) is 11.1 Å². The molecule has 112 valence electrons. The molecule has 0 radical (unpaired) electrons. The molecule has 3 nitrogen and oxygen atoms in total. The fraction of sp³-hybridized carbons (Fsp3) is 0.647. The molecule has 0 aromatic rings. The third-order valence-electron chi connectivity index (χ3n) is 4.02. The van der Waals surface area contributed by atoms with Crippen LogP contribution in [0.5, 0.6) is 0 Å². The minimum Gasteiger partial charge on any atom is -0.246 e. The van der Waals surface area contributed by atoms with Crippen LogP contribution in [-0.4, -0.2) is 17.1 Å². The first-order valence-electron chi connectivity index (χ1n) is 7.64. The fourth-order valence-electron chi connectivity index (χ4n) is 2.30. The Hall–Kier alpha value is -1.38. The standard InChI is InChI=1S/C17H29N3/c1-7-9-15(5)20-17(16(6)18-19-20)12-14(4)11-10-13(3)8-2/h7,9,11,13,16-17H,1,8,10,12H2,2-6H3/b14-11+,15-9+/t13-,16-,17+/m0/s1. The summed E-state index contributed by atoms with van der Waals surface area (Å²) in [7, 11) is 0. The normalized spacial score (nSPS) is 25.1. The molecule has 0 aliphatic carbocycles. The van der Waals surface area contributed by atoms with Crippen molar-refractivity contribution in [2.45, 2.75) is 66.0 Å². The van der Waals surface area contributed by atoms with Crippen LogP contribution >= 0.6 is 0 Å². The summed E-state index contributed by atoms with van der Waals surface area (Å²) in [6.07, 6.45) is 9.59. The lowest BCUT2D eigenvalue weighted by Crippen LogP contribution is -2.32. The number of hydrogen-bond acceptors (Lipinski definition) is 3. The Labute approximate surface area is 124 Å². The molecule has 0 saturated carbocycles. The predicted molar refractivity (Wildman–Crippen MR) is 86.3 cm³/mol. The summed E-state index contributed by atoms with van der Waals surface area (Å²) >= 11 is 0. The molecule has 0 unspecified atom stereocenters. The lowest BCUT2D eigenvalue weighted by molar-refractivity contribution is 0.281. The molecule has 0 aromatic heterocycles. The summed E-state index contributed by atoms with van der Waals surface area (Å²) in [6, 6.07) is 0.578. The van der Waals surface area contributed by atoms with Gasteiger partial charge in [-0.2, -0.15) is 5.11 Å². The second-order valence-corrected chi connectivity index (χ2v) is 5.90. The van der Waals surface area contributed by atoms with Gasteiger partial charge in [-0.15, -0.1) is 0 Å². The summed E-state index contributed by atoms with van der Waals surface area (Å²) in [4.78, 5) is 0. The van der Waals surface area contributed by atoms with Crippen LogP contribution in [0.2, 0.25) is 0 Å². The van der Waals surface area contributed by atoms with Gasteiger partial charge < -0.3 is 0 Å². The van der Waals surface area contributed by atoms with E-state index in [9.17, 15) is 0 Å². The number of nitrogens with zero attached hydrogens (tertiary/aromatic N) is 3. The second-order valence-electron chi connectivity index (χ2n) is 5.90. The van der Waals surface area contributed by atoms with E-state index in [4.69, 9.17) is 0 Å². The average Bonchev–Trinajstić information content (AvgIpc) is 2.78. The van der Waals surface area contributed by atoms with E-state index in [0.29, 0.717) is 6.04 Å². The summed E-state index contributed by atoms with van der Waals surface area (Å²) < 4.78 is 0. The van der Waals surface area contributed by atoms with Gasteiger partial charge in [0.05, 0.1) is 12.1 Å². The van der Waals surface area contributed by atoms with Crippen molar-refractivity contribution in [2.24, 2.45) is 16.3 Å². The number of hydrogen-bond donors (Lipinski definition) is 0. The molecule has 1 aliphatic rings. The van der Waals surface area contributed by atoms with Crippen molar-refractivity contribution in [1.29, 1.82) is 0 Å². The molecule has 0 amide bonds. The van der Waals surface area contributed by atoms with Crippen LogP contribution in [0.15, 0.2) is 46.4 Å². The quantitative estimate of drug-likeness (QED) is 0.458. The summed E-state index contributed by atoms with van der Waals surface area (Å²) in [5.74, 6) is 0.763. The molecule has 1 heterocycles. The molecule has 3 heteroatoms. The Morgan fingerprint density at radius 2 is 2.10 bits per heavy atom. The molecule has 0 fully saturated rings. The van der Waals surface area contributed by atoms with Crippen LogP contribution in [0.3, 0.4) is 0 Å². The van der Waals surface area contributed by atoms with E-state index < -0.39 is 0 Å². The monoisotopic (exact) mass is 275 g/mol. The van der Waals surface area contributed by atoms with E-state index in [1.165, 1.54) is 18.4 Å². The zero-order valence-electron chi connectivity index (χ0n) is 13.6. The van der Waals surface area contributed by atoms with Crippen LogP contribution < -0.4 is 0 Å². The Kier molecular flexibility index (Phi) is 6.69. The van der Waals surface area contributed by atoms with Crippen molar-refractivity contribution in [3.8, 4) is 0 Å². The van der Waals surface area contributed by atoms with Gasteiger partial charge in [0.25, 0.3) is 0 Å². The van der Waals surface area contributed by atoms with E-state index in [2.05, 4.69) is 57.6 Å². The Morgan fingerprint density at radius 1 is 1.40 bits per heavy atom. The van der Waals surface area contributed by atoms with E-state index in [-0.39, 0.29) is 6.04 Å². The third-order valence-corrected chi connectivity index (χ3v) is 4.02.